The third kappa shape index (κ3) is 3.74. The van der Waals surface area contributed by atoms with E-state index >= 15 is 0 Å². The van der Waals surface area contributed by atoms with Crippen LogP contribution in [0.1, 0.15) is 23.9 Å². The molecule has 20 heavy (non-hydrogen) atoms. The number of rotatable bonds is 6. The van der Waals surface area contributed by atoms with Crippen LogP contribution in [-0.2, 0) is 13.1 Å². The average Bonchev–Trinajstić information content (AvgIpc) is 2.78. The van der Waals surface area contributed by atoms with E-state index in [0.717, 1.165) is 41.5 Å². The normalized spacial score (nSPS) is 11.0. The average molecular weight is 275 g/mol. The number of nitrogens with zero attached hydrogens (tertiary/aromatic N) is 2. The number of nitrogens with two attached hydrogens (primary N) is 1. The molecule has 5 nitrogen and oxygen atoms in total. The molecule has 0 aliphatic carbocycles. The SMILES string of the molecule is CCOc1ccc(N)cc1CN(C)Cc1cc(C)on1. The van der Waals surface area contributed by atoms with Gasteiger partial charge in [-0.25, -0.2) is 0 Å². The maximum atomic E-state index is 5.85. The zero-order valence-electron chi connectivity index (χ0n) is 12.2. The molecule has 0 aliphatic heterocycles. The summed E-state index contributed by atoms with van der Waals surface area (Å²) < 4.78 is 10.7. The summed E-state index contributed by atoms with van der Waals surface area (Å²) in [5.41, 5.74) is 8.60. The van der Waals surface area contributed by atoms with Crippen molar-refractivity contribution in [1.82, 2.24) is 10.1 Å². The van der Waals surface area contributed by atoms with Crippen LogP contribution in [0.25, 0.3) is 0 Å². The topological polar surface area (TPSA) is 64.5 Å². The number of ether oxygens (including phenoxy) is 1. The molecule has 0 saturated carbocycles. The summed E-state index contributed by atoms with van der Waals surface area (Å²) in [5.74, 6) is 1.71. The van der Waals surface area contributed by atoms with E-state index in [9.17, 15) is 0 Å². The zero-order valence-corrected chi connectivity index (χ0v) is 12.2. The van der Waals surface area contributed by atoms with Gasteiger partial charge < -0.3 is 15.0 Å². The minimum atomic E-state index is 0.642. The predicted molar refractivity (Wildman–Crippen MR) is 78.4 cm³/mol. The number of anilines is 1. The number of aromatic nitrogens is 1. The van der Waals surface area contributed by atoms with Gasteiger partial charge in [-0.05, 0) is 39.1 Å². The van der Waals surface area contributed by atoms with Crippen LogP contribution < -0.4 is 10.5 Å². The molecule has 0 unspecified atom stereocenters. The van der Waals surface area contributed by atoms with Gasteiger partial charge in [0.2, 0.25) is 0 Å². The third-order valence-electron chi connectivity index (χ3n) is 2.93. The molecule has 1 heterocycles. The maximum absolute atomic E-state index is 5.85. The first-order chi connectivity index (χ1) is 9.58. The fourth-order valence-electron chi connectivity index (χ4n) is 2.13. The molecule has 0 spiro atoms. The van der Waals surface area contributed by atoms with E-state index in [1.807, 2.05) is 45.2 Å². The highest BCUT2D eigenvalue weighted by molar-refractivity contribution is 5.47. The largest absolute Gasteiger partial charge is 0.494 e. The molecule has 2 aromatic rings. The molecule has 0 saturated heterocycles. The number of hydrogen-bond donors (Lipinski definition) is 1. The Labute approximate surface area is 119 Å². The molecule has 0 amide bonds. The monoisotopic (exact) mass is 275 g/mol. The molecule has 2 rings (SSSR count). The number of nitrogen functional groups attached to an aromatic ring is 1. The Morgan fingerprint density at radius 3 is 2.75 bits per heavy atom. The van der Waals surface area contributed by atoms with Gasteiger partial charge in [0, 0.05) is 30.4 Å². The van der Waals surface area contributed by atoms with E-state index in [4.69, 9.17) is 15.0 Å². The molecule has 108 valence electrons. The van der Waals surface area contributed by atoms with Crippen LogP contribution >= 0.6 is 0 Å². The summed E-state index contributed by atoms with van der Waals surface area (Å²) >= 11 is 0. The number of aryl methyl sites for hydroxylation is 1. The molecule has 0 radical (unpaired) electrons. The van der Waals surface area contributed by atoms with Crippen molar-refractivity contribution in [2.75, 3.05) is 19.4 Å². The minimum absolute atomic E-state index is 0.642. The van der Waals surface area contributed by atoms with Crippen LogP contribution in [0.15, 0.2) is 28.8 Å². The Balaban J connectivity index is 2.06. The van der Waals surface area contributed by atoms with E-state index < -0.39 is 0 Å². The van der Waals surface area contributed by atoms with Crippen molar-refractivity contribution in [3.63, 3.8) is 0 Å². The molecule has 0 atom stereocenters. The first-order valence-electron chi connectivity index (χ1n) is 6.70. The lowest BCUT2D eigenvalue weighted by molar-refractivity contribution is 0.288. The van der Waals surface area contributed by atoms with Gasteiger partial charge in [-0.3, -0.25) is 4.90 Å². The summed E-state index contributed by atoms with van der Waals surface area (Å²) in [6.07, 6.45) is 0. The maximum Gasteiger partial charge on any atom is 0.133 e. The van der Waals surface area contributed by atoms with Crippen LogP contribution in [-0.4, -0.2) is 23.7 Å². The standard InChI is InChI=1S/C15H21N3O2/c1-4-19-15-6-5-13(16)8-12(15)9-18(3)10-14-7-11(2)20-17-14/h5-8H,4,9-10,16H2,1-3H3. The third-order valence-corrected chi connectivity index (χ3v) is 2.93. The van der Waals surface area contributed by atoms with Crippen molar-refractivity contribution >= 4 is 5.69 Å². The van der Waals surface area contributed by atoms with E-state index in [-0.39, 0.29) is 0 Å². The Morgan fingerprint density at radius 2 is 2.10 bits per heavy atom. The molecule has 0 aliphatic rings. The lowest BCUT2D eigenvalue weighted by atomic mass is 10.1. The van der Waals surface area contributed by atoms with Crippen LogP contribution in [0.4, 0.5) is 5.69 Å². The van der Waals surface area contributed by atoms with Crippen molar-refractivity contribution < 1.29 is 9.26 Å². The zero-order chi connectivity index (χ0) is 14.5. The molecule has 5 heteroatoms. The Hall–Kier alpha value is -2.01. The summed E-state index contributed by atoms with van der Waals surface area (Å²) in [5, 5.41) is 4.00. The number of hydrogen-bond acceptors (Lipinski definition) is 5. The highest BCUT2D eigenvalue weighted by atomic mass is 16.5. The Bertz CT molecular complexity index is 566. The van der Waals surface area contributed by atoms with Crippen molar-refractivity contribution in [3.8, 4) is 5.75 Å². The van der Waals surface area contributed by atoms with Gasteiger partial charge in [-0.15, -0.1) is 0 Å². The smallest absolute Gasteiger partial charge is 0.133 e. The van der Waals surface area contributed by atoms with Gasteiger partial charge in [0.15, 0.2) is 0 Å². The highest BCUT2D eigenvalue weighted by Gasteiger charge is 2.10. The molecule has 0 bridgehead atoms. The Morgan fingerprint density at radius 1 is 1.30 bits per heavy atom. The van der Waals surface area contributed by atoms with Crippen molar-refractivity contribution in [3.05, 3.63) is 41.3 Å². The van der Waals surface area contributed by atoms with E-state index in [1.165, 1.54) is 0 Å². The van der Waals surface area contributed by atoms with E-state index in [1.54, 1.807) is 0 Å². The van der Waals surface area contributed by atoms with Gasteiger partial charge >= 0.3 is 0 Å². The van der Waals surface area contributed by atoms with Crippen LogP contribution in [0.3, 0.4) is 0 Å². The summed E-state index contributed by atoms with van der Waals surface area (Å²) in [4.78, 5) is 2.15. The first-order valence-corrected chi connectivity index (χ1v) is 6.70. The summed E-state index contributed by atoms with van der Waals surface area (Å²) in [6, 6.07) is 7.67. The second-order valence-corrected chi connectivity index (χ2v) is 4.90. The summed E-state index contributed by atoms with van der Waals surface area (Å²) in [7, 11) is 2.03. The fraction of sp³-hybridized carbons (Fsp3) is 0.400. The van der Waals surface area contributed by atoms with Gasteiger partial charge in [-0.1, -0.05) is 5.16 Å². The van der Waals surface area contributed by atoms with Crippen molar-refractivity contribution in [2.24, 2.45) is 0 Å². The molecule has 0 fully saturated rings. The van der Waals surface area contributed by atoms with Gasteiger partial charge in [-0.2, -0.15) is 0 Å². The highest BCUT2D eigenvalue weighted by Crippen LogP contribution is 2.23. The van der Waals surface area contributed by atoms with Crippen molar-refractivity contribution in [1.29, 1.82) is 0 Å². The molecule has 2 N–H and O–H groups in total. The van der Waals surface area contributed by atoms with Crippen LogP contribution in [0, 0.1) is 6.92 Å². The predicted octanol–water partition coefficient (Wildman–Crippen LogP) is 2.60. The molecular formula is C15H21N3O2. The molecule has 1 aromatic carbocycles. The quantitative estimate of drug-likeness (QED) is 0.821. The minimum Gasteiger partial charge on any atom is -0.494 e. The molecule has 1 aromatic heterocycles. The van der Waals surface area contributed by atoms with E-state index in [0.29, 0.717) is 6.61 Å². The van der Waals surface area contributed by atoms with Crippen molar-refractivity contribution in [2.45, 2.75) is 26.9 Å². The van der Waals surface area contributed by atoms with Gasteiger partial charge in [0.25, 0.3) is 0 Å². The number of benzene rings is 1. The van der Waals surface area contributed by atoms with Crippen LogP contribution in [0.5, 0.6) is 5.75 Å². The lowest BCUT2D eigenvalue weighted by Gasteiger charge is -2.18. The fourth-order valence-corrected chi connectivity index (χ4v) is 2.13. The second kappa shape index (κ2) is 6.43. The lowest BCUT2D eigenvalue weighted by Crippen LogP contribution is -2.18. The Kier molecular flexibility index (Phi) is 4.63. The molecular weight excluding hydrogens is 254 g/mol. The van der Waals surface area contributed by atoms with E-state index in [2.05, 4.69) is 10.1 Å². The van der Waals surface area contributed by atoms with Gasteiger partial charge in [0.05, 0.1) is 12.3 Å². The van der Waals surface area contributed by atoms with Gasteiger partial charge in [0.1, 0.15) is 11.5 Å². The van der Waals surface area contributed by atoms with Crippen LogP contribution in [0.2, 0.25) is 0 Å². The first kappa shape index (κ1) is 14.4. The second-order valence-electron chi connectivity index (χ2n) is 4.90. The summed E-state index contributed by atoms with van der Waals surface area (Å²) in [6.45, 7) is 5.97.